The van der Waals surface area contributed by atoms with E-state index in [0.717, 1.165) is 32.6 Å². The summed E-state index contributed by atoms with van der Waals surface area (Å²) in [6, 6.07) is 10.5. The van der Waals surface area contributed by atoms with E-state index in [1.54, 1.807) is 0 Å². The number of hydrogen-bond acceptors (Lipinski definition) is 3. The second kappa shape index (κ2) is 5.60. The molecule has 0 fully saturated rings. The molecule has 3 heterocycles. The Kier molecular flexibility index (Phi) is 3.26. The molecule has 0 N–H and O–H groups in total. The van der Waals surface area contributed by atoms with Gasteiger partial charge >= 0.3 is 0 Å². The van der Waals surface area contributed by atoms with Crippen molar-refractivity contribution in [2.75, 3.05) is 6.54 Å². The van der Waals surface area contributed by atoms with Gasteiger partial charge in [-0.05, 0) is 37.0 Å². The number of nitrogens with zero attached hydrogens (tertiary/aromatic N) is 5. The maximum absolute atomic E-state index is 4.99. The summed E-state index contributed by atoms with van der Waals surface area (Å²) >= 11 is 0. The minimum atomic E-state index is 0.917. The third-order valence-electron chi connectivity index (χ3n) is 5.21. The first-order valence-corrected chi connectivity index (χ1v) is 8.76. The first-order chi connectivity index (χ1) is 11.9. The predicted molar refractivity (Wildman–Crippen MR) is 91.9 cm³/mol. The van der Waals surface area contributed by atoms with Gasteiger partial charge in [0.2, 0.25) is 0 Å². The highest BCUT2D eigenvalue weighted by Gasteiger charge is 2.25. The molecule has 122 valence electrons. The van der Waals surface area contributed by atoms with Crippen LogP contribution in [0.2, 0.25) is 0 Å². The average Bonchev–Trinajstić information content (AvgIpc) is 3.32. The van der Waals surface area contributed by atoms with Crippen molar-refractivity contribution >= 4 is 0 Å². The number of rotatable bonds is 3. The zero-order chi connectivity index (χ0) is 15.9. The first kappa shape index (κ1) is 14.0. The molecule has 0 spiro atoms. The highest BCUT2D eigenvalue weighted by molar-refractivity contribution is 5.39. The van der Waals surface area contributed by atoms with Crippen molar-refractivity contribution in [2.24, 2.45) is 0 Å². The van der Waals surface area contributed by atoms with E-state index >= 15 is 0 Å². The lowest BCUT2D eigenvalue weighted by molar-refractivity contribution is 0.205. The molecule has 0 amide bonds. The average molecular weight is 319 g/mol. The molecule has 5 heteroatoms. The highest BCUT2D eigenvalue weighted by Crippen LogP contribution is 2.29. The number of fused-ring (bicyclic) bond motifs is 2. The molecule has 0 radical (unpaired) electrons. The van der Waals surface area contributed by atoms with Gasteiger partial charge in [-0.2, -0.15) is 5.10 Å². The zero-order valence-corrected chi connectivity index (χ0v) is 13.7. The third-order valence-corrected chi connectivity index (χ3v) is 5.21. The number of benzene rings is 1. The maximum atomic E-state index is 4.99. The van der Waals surface area contributed by atoms with Crippen molar-refractivity contribution in [1.82, 2.24) is 24.2 Å². The van der Waals surface area contributed by atoms with Crippen LogP contribution in [0.25, 0.3) is 5.69 Å². The molecule has 1 aromatic carbocycles. The predicted octanol–water partition coefficient (Wildman–Crippen LogP) is 2.57. The Balaban J connectivity index is 1.45. The van der Waals surface area contributed by atoms with Crippen molar-refractivity contribution < 1.29 is 0 Å². The van der Waals surface area contributed by atoms with Crippen LogP contribution in [0, 0.1) is 0 Å². The van der Waals surface area contributed by atoms with Gasteiger partial charge in [0, 0.05) is 37.7 Å². The van der Waals surface area contributed by atoms with Crippen LogP contribution >= 0.6 is 0 Å². The van der Waals surface area contributed by atoms with Crippen molar-refractivity contribution in [3.05, 3.63) is 65.5 Å². The van der Waals surface area contributed by atoms with E-state index in [4.69, 9.17) is 5.10 Å². The second-order valence-corrected chi connectivity index (χ2v) is 6.72. The van der Waals surface area contributed by atoms with Crippen LogP contribution in [0.3, 0.4) is 0 Å². The summed E-state index contributed by atoms with van der Waals surface area (Å²) in [5.74, 6) is 1.17. The van der Waals surface area contributed by atoms with E-state index in [-0.39, 0.29) is 0 Å². The molecule has 5 nitrogen and oxygen atoms in total. The molecule has 2 aromatic heterocycles. The van der Waals surface area contributed by atoms with E-state index in [1.165, 1.54) is 41.3 Å². The molecule has 2 aliphatic rings. The van der Waals surface area contributed by atoms with Crippen molar-refractivity contribution in [3.8, 4) is 5.69 Å². The molecular formula is C19H21N5. The summed E-state index contributed by atoms with van der Waals surface area (Å²) in [6.07, 6.45) is 7.54. The Morgan fingerprint density at radius 3 is 2.88 bits per heavy atom. The first-order valence-electron chi connectivity index (χ1n) is 8.76. The Bertz CT molecular complexity index is 861. The number of para-hydroxylation sites is 1. The summed E-state index contributed by atoms with van der Waals surface area (Å²) in [5.41, 5.74) is 5.32. The fourth-order valence-corrected chi connectivity index (χ4v) is 3.99. The Labute approximate surface area is 141 Å². The minimum Gasteiger partial charge on any atom is -0.333 e. The van der Waals surface area contributed by atoms with Crippen LogP contribution in [0.4, 0.5) is 0 Å². The molecule has 0 atom stereocenters. The standard InChI is InChI=1S/C19H21N5/c1-2-5-15(6-3-1)24-18-8-4-7-16(18)17(21-24)13-22-11-12-23-10-9-20-19(23)14-22/h1-3,5-6,9-10H,4,7-8,11-14H2. The van der Waals surface area contributed by atoms with Gasteiger partial charge < -0.3 is 4.57 Å². The fraction of sp³-hybridized carbons (Fsp3) is 0.368. The van der Waals surface area contributed by atoms with Crippen molar-refractivity contribution in [1.29, 1.82) is 0 Å². The Hall–Kier alpha value is -2.40. The summed E-state index contributed by atoms with van der Waals surface area (Å²) in [6.45, 7) is 3.93. The molecule has 24 heavy (non-hydrogen) atoms. The fourth-order valence-electron chi connectivity index (χ4n) is 3.99. The van der Waals surface area contributed by atoms with Gasteiger partial charge in [0.1, 0.15) is 5.82 Å². The summed E-state index contributed by atoms with van der Waals surface area (Å²) in [7, 11) is 0. The van der Waals surface area contributed by atoms with Gasteiger partial charge in [-0.25, -0.2) is 9.67 Å². The number of imidazole rings is 1. The van der Waals surface area contributed by atoms with Gasteiger partial charge in [-0.15, -0.1) is 0 Å². The Morgan fingerprint density at radius 2 is 1.96 bits per heavy atom. The monoisotopic (exact) mass is 319 g/mol. The van der Waals surface area contributed by atoms with Gasteiger partial charge in [-0.3, -0.25) is 4.90 Å². The van der Waals surface area contributed by atoms with Crippen LogP contribution in [-0.2, 0) is 32.5 Å². The zero-order valence-electron chi connectivity index (χ0n) is 13.7. The van der Waals surface area contributed by atoms with Crippen molar-refractivity contribution in [3.63, 3.8) is 0 Å². The SMILES string of the molecule is c1ccc(-n2nc(CN3CCn4ccnc4C3)c3c2CCC3)cc1. The van der Waals surface area contributed by atoms with Gasteiger partial charge in [-0.1, -0.05) is 18.2 Å². The summed E-state index contributed by atoms with van der Waals surface area (Å²) in [4.78, 5) is 6.94. The van der Waals surface area contributed by atoms with E-state index in [2.05, 4.69) is 55.7 Å². The van der Waals surface area contributed by atoms with E-state index in [0.29, 0.717) is 0 Å². The van der Waals surface area contributed by atoms with Crippen LogP contribution < -0.4 is 0 Å². The Morgan fingerprint density at radius 1 is 1.04 bits per heavy atom. The van der Waals surface area contributed by atoms with Gasteiger partial charge in [0.15, 0.2) is 0 Å². The molecule has 0 unspecified atom stereocenters. The van der Waals surface area contributed by atoms with E-state index in [9.17, 15) is 0 Å². The lowest BCUT2D eigenvalue weighted by Gasteiger charge is -2.27. The van der Waals surface area contributed by atoms with E-state index < -0.39 is 0 Å². The highest BCUT2D eigenvalue weighted by atomic mass is 15.3. The number of hydrogen-bond donors (Lipinski definition) is 0. The molecule has 5 rings (SSSR count). The molecule has 0 saturated carbocycles. The smallest absolute Gasteiger partial charge is 0.122 e. The largest absolute Gasteiger partial charge is 0.333 e. The molecule has 3 aromatic rings. The van der Waals surface area contributed by atoms with Gasteiger partial charge in [0.05, 0.1) is 17.9 Å². The number of aromatic nitrogens is 4. The molecule has 0 bridgehead atoms. The normalized spacial score (nSPS) is 17.0. The molecular weight excluding hydrogens is 298 g/mol. The molecule has 0 saturated heterocycles. The lowest BCUT2D eigenvalue weighted by Crippen LogP contribution is -2.33. The topological polar surface area (TPSA) is 38.9 Å². The quantitative estimate of drug-likeness (QED) is 0.745. The van der Waals surface area contributed by atoms with Crippen LogP contribution in [0.15, 0.2) is 42.7 Å². The van der Waals surface area contributed by atoms with Crippen LogP contribution in [-0.4, -0.2) is 30.8 Å². The third kappa shape index (κ3) is 2.27. The van der Waals surface area contributed by atoms with Gasteiger partial charge in [0.25, 0.3) is 0 Å². The lowest BCUT2D eigenvalue weighted by atomic mass is 10.2. The second-order valence-electron chi connectivity index (χ2n) is 6.72. The molecule has 1 aliphatic heterocycles. The minimum absolute atomic E-state index is 0.917. The molecule has 1 aliphatic carbocycles. The van der Waals surface area contributed by atoms with Crippen LogP contribution in [0.1, 0.15) is 29.2 Å². The maximum Gasteiger partial charge on any atom is 0.122 e. The van der Waals surface area contributed by atoms with Crippen LogP contribution in [0.5, 0.6) is 0 Å². The summed E-state index contributed by atoms with van der Waals surface area (Å²) in [5, 5.41) is 4.99. The van der Waals surface area contributed by atoms with E-state index in [1.807, 2.05) is 6.20 Å². The van der Waals surface area contributed by atoms with Crippen molar-refractivity contribution in [2.45, 2.75) is 38.9 Å². The summed E-state index contributed by atoms with van der Waals surface area (Å²) < 4.78 is 4.42.